The molecule has 0 radical (unpaired) electrons. The Morgan fingerprint density at radius 3 is 0.938 bits per heavy atom. The van der Waals surface area contributed by atoms with Crippen LogP contribution in [0.1, 0.15) is 341 Å². The zero-order chi connectivity index (χ0) is 47.2. The van der Waals surface area contributed by atoms with E-state index in [0.717, 1.165) is 51.4 Å². The maximum absolute atomic E-state index is 12.5. The van der Waals surface area contributed by atoms with Crippen LogP contribution in [0.5, 0.6) is 0 Å². The van der Waals surface area contributed by atoms with Crippen molar-refractivity contribution in [2.75, 3.05) is 13.2 Å². The number of carbonyl (C=O) groups is 2. The van der Waals surface area contributed by atoms with Crippen LogP contribution in [0, 0.1) is 0 Å². The molecule has 0 rings (SSSR count). The number of aliphatic hydroxyl groups excluding tert-OH is 2. The summed E-state index contributed by atoms with van der Waals surface area (Å²) in [6.45, 7) is 4.96. The number of unbranched alkanes of at least 4 members (excludes halogenated alkanes) is 45. The molecule has 0 aromatic heterocycles. The van der Waals surface area contributed by atoms with Crippen molar-refractivity contribution in [3.8, 4) is 0 Å². The number of ether oxygens (including phenoxy) is 1. The largest absolute Gasteiger partial charge is 0.466 e. The van der Waals surface area contributed by atoms with Gasteiger partial charge in [-0.2, -0.15) is 0 Å². The van der Waals surface area contributed by atoms with E-state index in [1.165, 1.54) is 257 Å². The van der Waals surface area contributed by atoms with Gasteiger partial charge in [0, 0.05) is 12.8 Å². The molecule has 0 saturated heterocycles. The van der Waals surface area contributed by atoms with E-state index < -0.39 is 12.1 Å². The Balaban J connectivity index is 3.43. The van der Waals surface area contributed by atoms with Crippen molar-refractivity contribution < 1.29 is 24.5 Å². The minimum Gasteiger partial charge on any atom is -0.466 e. The standard InChI is InChI=1S/C59H117NO5/c1-3-5-7-9-11-13-15-17-18-19-20-21-22-23-24-25-26-28-31-35-39-43-47-51-57(62)56(55-61)60-58(63)52-48-44-40-36-32-29-27-30-34-38-42-46-50-54-65-59(64)53-49-45-41-37-33-16-14-12-10-8-6-4-2/h56-57,61-62H,3-55H2,1-2H3,(H,60,63). The number of aliphatic hydroxyl groups is 2. The highest BCUT2D eigenvalue weighted by molar-refractivity contribution is 5.76. The first-order chi connectivity index (χ1) is 32.0. The van der Waals surface area contributed by atoms with Gasteiger partial charge in [-0.15, -0.1) is 0 Å². The minimum atomic E-state index is -0.672. The SMILES string of the molecule is CCCCCCCCCCCCCCCCCCCCCCCCCC(O)C(CO)NC(=O)CCCCCCCCCCCCCCCOC(=O)CCCCCCCCCCCCCC. The second-order valence-electron chi connectivity index (χ2n) is 20.7. The molecule has 2 unspecified atom stereocenters. The molecule has 0 fully saturated rings. The summed E-state index contributed by atoms with van der Waals surface area (Å²) < 4.78 is 5.46. The molecule has 0 aliphatic carbocycles. The molecular weight excluding hydrogens is 803 g/mol. The van der Waals surface area contributed by atoms with Gasteiger partial charge in [0.05, 0.1) is 25.4 Å². The van der Waals surface area contributed by atoms with E-state index in [9.17, 15) is 19.8 Å². The Kier molecular flexibility index (Phi) is 54.5. The van der Waals surface area contributed by atoms with Gasteiger partial charge in [-0.25, -0.2) is 0 Å². The topological polar surface area (TPSA) is 95.9 Å². The molecule has 0 saturated carbocycles. The van der Waals surface area contributed by atoms with Crippen molar-refractivity contribution in [2.45, 2.75) is 353 Å². The van der Waals surface area contributed by atoms with Gasteiger partial charge in [-0.3, -0.25) is 9.59 Å². The lowest BCUT2D eigenvalue weighted by Crippen LogP contribution is -2.45. The van der Waals surface area contributed by atoms with Gasteiger partial charge >= 0.3 is 5.97 Å². The molecule has 0 aromatic rings. The molecule has 0 aliphatic heterocycles. The van der Waals surface area contributed by atoms with Gasteiger partial charge in [0.2, 0.25) is 5.91 Å². The average molecular weight is 921 g/mol. The van der Waals surface area contributed by atoms with Crippen molar-refractivity contribution in [2.24, 2.45) is 0 Å². The van der Waals surface area contributed by atoms with Gasteiger partial charge in [0.25, 0.3) is 0 Å². The fourth-order valence-electron chi connectivity index (χ4n) is 9.58. The van der Waals surface area contributed by atoms with E-state index in [0.29, 0.717) is 25.9 Å². The van der Waals surface area contributed by atoms with E-state index in [4.69, 9.17) is 4.74 Å². The van der Waals surface area contributed by atoms with Gasteiger partial charge < -0.3 is 20.3 Å². The highest BCUT2D eigenvalue weighted by Crippen LogP contribution is 2.18. The first kappa shape index (κ1) is 63.9. The molecule has 388 valence electrons. The Labute approximate surface area is 406 Å². The first-order valence-corrected chi connectivity index (χ1v) is 29.8. The number of esters is 1. The van der Waals surface area contributed by atoms with Crippen molar-refractivity contribution in [1.29, 1.82) is 0 Å². The summed E-state index contributed by atoms with van der Waals surface area (Å²) in [5.74, 6) is -0.0463. The number of amides is 1. The van der Waals surface area contributed by atoms with E-state index in [2.05, 4.69) is 19.2 Å². The number of hydrogen-bond acceptors (Lipinski definition) is 5. The molecular formula is C59H117NO5. The Bertz CT molecular complexity index is 928. The average Bonchev–Trinajstić information content (AvgIpc) is 3.31. The first-order valence-electron chi connectivity index (χ1n) is 29.8. The van der Waals surface area contributed by atoms with Gasteiger partial charge in [-0.1, -0.05) is 303 Å². The van der Waals surface area contributed by atoms with Gasteiger partial charge in [0.15, 0.2) is 0 Å². The van der Waals surface area contributed by atoms with Crippen molar-refractivity contribution >= 4 is 11.9 Å². The number of rotatable bonds is 56. The summed E-state index contributed by atoms with van der Waals surface area (Å²) in [5.41, 5.74) is 0. The molecule has 6 nitrogen and oxygen atoms in total. The summed E-state index contributed by atoms with van der Waals surface area (Å²) in [6.07, 6.45) is 63.8. The van der Waals surface area contributed by atoms with Crippen LogP contribution in [0.4, 0.5) is 0 Å². The molecule has 3 N–H and O–H groups in total. The smallest absolute Gasteiger partial charge is 0.305 e. The third kappa shape index (κ3) is 52.1. The summed E-state index contributed by atoms with van der Waals surface area (Å²) in [6, 6.07) is -0.550. The Morgan fingerprint density at radius 2 is 0.631 bits per heavy atom. The normalized spacial score (nSPS) is 12.5. The predicted molar refractivity (Wildman–Crippen MR) is 283 cm³/mol. The van der Waals surface area contributed by atoms with Crippen LogP contribution in [0.15, 0.2) is 0 Å². The molecule has 6 heteroatoms. The molecule has 0 aliphatic rings. The third-order valence-electron chi connectivity index (χ3n) is 14.2. The Morgan fingerprint density at radius 1 is 0.369 bits per heavy atom. The summed E-state index contributed by atoms with van der Waals surface area (Å²) >= 11 is 0. The van der Waals surface area contributed by atoms with Crippen LogP contribution in [0.25, 0.3) is 0 Å². The predicted octanol–water partition coefficient (Wildman–Crippen LogP) is 18.3. The highest BCUT2D eigenvalue weighted by Gasteiger charge is 2.20. The molecule has 1 amide bonds. The van der Waals surface area contributed by atoms with Crippen molar-refractivity contribution in [1.82, 2.24) is 5.32 Å². The van der Waals surface area contributed by atoms with Crippen molar-refractivity contribution in [3.05, 3.63) is 0 Å². The van der Waals surface area contributed by atoms with Crippen LogP contribution in [-0.2, 0) is 14.3 Å². The highest BCUT2D eigenvalue weighted by atomic mass is 16.5. The van der Waals surface area contributed by atoms with Crippen LogP contribution in [0.2, 0.25) is 0 Å². The monoisotopic (exact) mass is 920 g/mol. The van der Waals surface area contributed by atoms with Crippen LogP contribution >= 0.6 is 0 Å². The zero-order valence-electron chi connectivity index (χ0n) is 44.3. The molecule has 0 bridgehead atoms. The number of nitrogens with one attached hydrogen (secondary N) is 1. The molecule has 0 aromatic carbocycles. The molecule has 65 heavy (non-hydrogen) atoms. The molecule has 2 atom stereocenters. The Hall–Kier alpha value is -1.14. The summed E-state index contributed by atoms with van der Waals surface area (Å²) in [5, 5.41) is 23.4. The number of hydrogen-bond donors (Lipinski definition) is 3. The van der Waals surface area contributed by atoms with Crippen molar-refractivity contribution in [3.63, 3.8) is 0 Å². The van der Waals surface area contributed by atoms with Crippen LogP contribution < -0.4 is 5.32 Å². The molecule has 0 heterocycles. The molecule has 0 spiro atoms. The van der Waals surface area contributed by atoms with Crippen LogP contribution in [0.3, 0.4) is 0 Å². The van der Waals surface area contributed by atoms with E-state index in [1.807, 2.05) is 0 Å². The zero-order valence-corrected chi connectivity index (χ0v) is 44.3. The minimum absolute atomic E-state index is 0.00327. The third-order valence-corrected chi connectivity index (χ3v) is 14.2. The van der Waals surface area contributed by atoms with Crippen LogP contribution in [-0.4, -0.2) is 47.4 Å². The van der Waals surface area contributed by atoms with Gasteiger partial charge in [0.1, 0.15) is 0 Å². The quantitative estimate of drug-likeness (QED) is 0.0417. The van der Waals surface area contributed by atoms with Gasteiger partial charge in [-0.05, 0) is 25.7 Å². The van der Waals surface area contributed by atoms with E-state index >= 15 is 0 Å². The second kappa shape index (κ2) is 55.5. The second-order valence-corrected chi connectivity index (χ2v) is 20.7. The van der Waals surface area contributed by atoms with E-state index in [1.54, 1.807) is 0 Å². The number of carbonyl (C=O) groups excluding carboxylic acids is 2. The van der Waals surface area contributed by atoms with E-state index in [-0.39, 0.29) is 18.5 Å². The lowest BCUT2D eigenvalue weighted by Gasteiger charge is -2.22. The summed E-state index contributed by atoms with van der Waals surface area (Å²) in [7, 11) is 0. The lowest BCUT2D eigenvalue weighted by atomic mass is 10.0. The maximum Gasteiger partial charge on any atom is 0.305 e. The maximum atomic E-state index is 12.5. The fourth-order valence-corrected chi connectivity index (χ4v) is 9.58. The fraction of sp³-hybridized carbons (Fsp3) is 0.966. The lowest BCUT2D eigenvalue weighted by molar-refractivity contribution is -0.143. The summed E-state index contributed by atoms with van der Waals surface area (Å²) in [4.78, 5) is 24.5.